The van der Waals surface area contributed by atoms with Crippen molar-refractivity contribution >= 4 is 5.91 Å². The summed E-state index contributed by atoms with van der Waals surface area (Å²) in [7, 11) is 0. The van der Waals surface area contributed by atoms with Gasteiger partial charge in [-0.2, -0.15) is 0 Å². The number of rotatable bonds is 5. The molecule has 1 saturated carbocycles. The molecule has 2 N–H and O–H groups in total. The van der Waals surface area contributed by atoms with Crippen molar-refractivity contribution in [2.45, 2.75) is 44.7 Å². The van der Waals surface area contributed by atoms with Gasteiger partial charge >= 0.3 is 0 Å². The molecule has 3 heteroatoms. The van der Waals surface area contributed by atoms with Crippen molar-refractivity contribution in [1.29, 1.82) is 0 Å². The maximum atomic E-state index is 12.1. The van der Waals surface area contributed by atoms with Crippen LogP contribution in [0.25, 0.3) is 0 Å². The molecule has 1 heterocycles. The van der Waals surface area contributed by atoms with Gasteiger partial charge in [0.05, 0.1) is 6.04 Å². The second-order valence-electron chi connectivity index (χ2n) is 5.78. The fourth-order valence-corrected chi connectivity index (χ4v) is 2.77. The number of fused-ring (bicyclic) bond motifs is 1. The van der Waals surface area contributed by atoms with E-state index in [1.807, 2.05) is 0 Å². The van der Waals surface area contributed by atoms with Crippen LogP contribution in [0.1, 0.15) is 36.8 Å². The maximum Gasteiger partial charge on any atom is 0.237 e. The lowest BCUT2D eigenvalue weighted by Crippen LogP contribution is -2.47. The summed E-state index contributed by atoms with van der Waals surface area (Å²) in [6, 6.07) is 8.30. The van der Waals surface area contributed by atoms with E-state index >= 15 is 0 Å². The lowest BCUT2D eigenvalue weighted by molar-refractivity contribution is -0.123. The third-order valence-electron chi connectivity index (χ3n) is 4.18. The highest BCUT2D eigenvalue weighted by atomic mass is 16.2. The number of carbonyl (C=O) groups is 1. The Morgan fingerprint density at radius 1 is 1.26 bits per heavy atom. The minimum atomic E-state index is -0.0594. The summed E-state index contributed by atoms with van der Waals surface area (Å²) in [6.45, 7) is 1.63. The highest BCUT2D eigenvalue weighted by Crippen LogP contribution is 2.33. The van der Waals surface area contributed by atoms with Gasteiger partial charge in [-0.25, -0.2) is 0 Å². The molecule has 3 rings (SSSR count). The van der Waals surface area contributed by atoms with Gasteiger partial charge in [0.15, 0.2) is 0 Å². The third-order valence-corrected chi connectivity index (χ3v) is 4.18. The maximum absolute atomic E-state index is 12.1. The van der Waals surface area contributed by atoms with Crippen LogP contribution in [0.4, 0.5) is 0 Å². The van der Waals surface area contributed by atoms with Crippen LogP contribution in [0.5, 0.6) is 0 Å². The Bertz CT molecular complexity index is 454. The van der Waals surface area contributed by atoms with E-state index in [2.05, 4.69) is 34.9 Å². The molecule has 1 aliphatic heterocycles. The Balaban J connectivity index is 1.45. The normalized spacial score (nSPS) is 21.8. The second-order valence-corrected chi connectivity index (χ2v) is 5.78. The summed E-state index contributed by atoms with van der Waals surface area (Å²) in [5.41, 5.74) is 2.62. The monoisotopic (exact) mass is 258 g/mol. The zero-order valence-corrected chi connectivity index (χ0v) is 11.3. The van der Waals surface area contributed by atoms with E-state index in [1.165, 1.54) is 30.4 Å². The Hall–Kier alpha value is -1.35. The molecule has 1 aromatic rings. The van der Waals surface area contributed by atoms with Crippen LogP contribution < -0.4 is 10.6 Å². The average Bonchev–Trinajstić information content (AvgIpc) is 3.27. The molecule has 0 aromatic heterocycles. The first-order valence-corrected chi connectivity index (χ1v) is 7.41. The number of benzene rings is 1. The molecule has 1 aromatic carbocycles. The van der Waals surface area contributed by atoms with Crippen LogP contribution >= 0.6 is 0 Å². The Labute approximate surface area is 114 Å². The number of hydrogen-bond donors (Lipinski definition) is 2. The minimum Gasteiger partial charge on any atom is -0.355 e. The van der Waals surface area contributed by atoms with Gasteiger partial charge in [-0.05, 0) is 36.3 Å². The molecule has 3 nitrogen and oxygen atoms in total. The quantitative estimate of drug-likeness (QED) is 0.793. The topological polar surface area (TPSA) is 41.1 Å². The van der Waals surface area contributed by atoms with E-state index < -0.39 is 0 Å². The van der Waals surface area contributed by atoms with E-state index in [1.54, 1.807) is 0 Å². The molecule has 102 valence electrons. The minimum absolute atomic E-state index is 0.0594. The van der Waals surface area contributed by atoms with Crippen molar-refractivity contribution in [3.05, 3.63) is 35.4 Å². The molecule has 0 radical (unpaired) electrons. The third kappa shape index (κ3) is 3.35. The van der Waals surface area contributed by atoms with Gasteiger partial charge in [0, 0.05) is 13.1 Å². The average molecular weight is 258 g/mol. The van der Waals surface area contributed by atoms with Crippen LogP contribution in [0.2, 0.25) is 0 Å². The van der Waals surface area contributed by atoms with Gasteiger partial charge < -0.3 is 10.6 Å². The largest absolute Gasteiger partial charge is 0.355 e. The van der Waals surface area contributed by atoms with Gasteiger partial charge in [-0.15, -0.1) is 0 Å². The molecule has 0 spiro atoms. The molecule has 1 amide bonds. The van der Waals surface area contributed by atoms with Crippen molar-refractivity contribution in [2.75, 3.05) is 6.54 Å². The van der Waals surface area contributed by atoms with Crippen molar-refractivity contribution in [1.82, 2.24) is 10.6 Å². The van der Waals surface area contributed by atoms with Gasteiger partial charge in [-0.3, -0.25) is 4.79 Å². The van der Waals surface area contributed by atoms with Gasteiger partial charge in [0.25, 0.3) is 0 Å². The van der Waals surface area contributed by atoms with Gasteiger partial charge in [-0.1, -0.05) is 37.1 Å². The fourth-order valence-electron chi connectivity index (χ4n) is 2.77. The summed E-state index contributed by atoms with van der Waals surface area (Å²) < 4.78 is 0. The van der Waals surface area contributed by atoms with E-state index in [9.17, 15) is 4.79 Å². The van der Waals surface area contributed by atoms with Crippen molar-refractivity contribution in [3.63, 3.8) is 0 Å². The summed E-state index contributed by atoms with van der Waals surface area (Å²) in [4.78, 5) is 12.1. The lowest BCUT2D eigenvalue weighted by Gasteiger charge is -2.25. The first-order chi connectivity index (χ1) is 9.33. The summed E-state index contributed by atoms with van der Waals surface area (Å²) >= 11 is 0. The first kappa shape index (κ1) is 12.7. The molecule has 0 unspecified atom stereocenters. The summed E-state index contributed by atoms with van der Waals surface area (Å²) in [6.07, 6.45) is 6.01. The predicted molar refractivity (Wildman–Crippen MR) is 75.7 cm³/mol. The first-order valence-electron chi connectivity index (χ1n) is 7.41. The molecule has 19 heavy (non-hydrogen) atoms. The molecule has 2 aliphatic rings. The smallest absolute Gasteiger partial charge is 0.237 e. The molecule has 1 aliphatic carbocycles. The highest BCUT2D eigenvalue weighted by Gasteiger charge is 2.24. The van der Waals surface area contributed by atoms with E-state index in [4.69, 9.17) is 0 Å². The Kier molecular flexibility index (Phi) is 3.83. The molecule has 0 bridgehead atoms. The molecule has 1 atom stereocenters. The van der Waals surface area contributed by atoms with E-state index in [-0.39, 0.29) is 11.9 Å². The van der Waals surface area contributed by atoms with Crippen molar-refractivity contribution in [2.24, 2.45) is 5.92 Å². The van der Waals surface area contributed by atoms with Gasteiger partial charge in [0.2, 0.25) is 5.91 Å². The number of amides is 1. The molecular weight excluding hydrogens is 236 g/mol. The second kappa shape index (κ2) is 5.74. The van der Waals surface area contributed by atoms with Crippen LogP contribution in [-0.2, 0) is 17.8 Å². The van der Waals surface area contributed by atoms with Crippen LogP contribution in [0.3, 0.4) is 0 Å². The van der Waals surface area contributed by atoms with Crippen LogP contribution in [-0.4, -0.2) is 18.5 Å². The number of hydrogen-bond acceptors (Lipinski definition) is 2. The SMILES string of the molecule is O=C(NCCCC1CC1)[C@@H]1Cc2ccccc2CN1. The van der Waals surface area contributed by atoms with Crippen LogP contribution in [0, 0.1) is 5.92 Å². The van der Waals surface area contributed by atoms with Crippen molar-refractivity contribution in [3.8, 4) is 0 Å². The number of nitrogens with one attached hydrogen (secondary N) is 2. The molecular formula is C16H22N2O. The zero-order chi connectivity index (χ0) is 13.1. The summed E-state index contributed by atoms with van der Waals surface area (Å²) in [5, 5.41) is 6.39. The van der Waals surface area contributed by atoms with Crippen LogP contribution in [0.15, 0.2) is 24.3 Å². The predicted octanol–water partition coefficient (Wildman–Crippen LogP) is 2.01. The standard InChI is InChI=1S/C16H22N2O/c19-16(17-9-3-4-12-7-8-12)15-10-13-5-1-2-6-14(13)11-18-15/h1-2,5-6,12,15,18H,3-4,7-11H2,(H,17,19)/t15-/m0/s1. The van der Waals surface area contributed by atoms with E-state index in [0.29, 0.717) is 0 Å². The highest BCUT2D eigenvalue weighted by molar-refractivity contribution is 5.82. The summed E-state index contributed by atoms with van der Waals surface area (Å²) in [5.74, 6) is 1.11. The lowest BCUT2D eigenvalue weighted by atomic mass is 9.95. The van der Waals surface area contributed by atoms with E-state index in [0.717, 1.165) is 31.8 Å². The van der Waals surface area contributed by atoms with Crippen molar-refractivity contribution < 1.29 is 4.79 Å². The Morgan fingerprint density at radius 2 is 2.05 bits per heavy atom. The zero-order valence-electron chi connectivity index (χ0n) is 11.3. The fraction of sp³-hybridized carbons (Fsp3) is 0.562. The Morgan fingerprint density at radius 3 is 2.84 bits per heavy atom. The van der Waals surface area contributed by atoms with Gasteiger partial charge in [0.1, 0.15) is 0 Å². The molecule has 1 fully saturated rings. The number of carbonyl (C=O) groups excluding carboxylic acids is 1. The molecule has 0 saturated heterocycles.